The average molecular weight is 483 g/mol. The van der Waals surface area contributed by atoms with E-state index in [1.807, 2.05) is 0 Å². The average Bonchev–Trinajstić information content (AvgIpc) is 3.50. The minimum atomic E-state index is -1.60. The maximum Gasteiger partial charge on any atom is 0.0548 e. The predicted molar refractivity (Wildman–Crippen MR) is 156 cm³/mol. The van der Waals surface area contributed by atoms with Gasteiger partial charge in [-0.3, -0.25) is 0 Å². The zero-order valence-corrected chi connectivity index (χ0v) is 24.3. The summed E-state index contributed by atoms with van der Waals surface area (Å²) >= 11 is 0. The summed E-state index contributed by atoms with van der Waals surface area (Å²) < 4.78 is 0. The lowest BCUT2D eigenvalue weighted by Crippen LogP contribution is -2.60. The number of aryl methyl sites for hydroxylation is 1. The van der Waals surface area contributed by atoms with Crippen molar-refractivity contribution >= 4 is 21.3 Å². The highest BCUT2D eigenvalue weighted by molar-refractivity contribution is 7.42. The molecule has 2 heteroatoms. The van der Waals surface area contributed by atoms with Crippen LogP contribution in [0.1, 0.15) is 61.4 Å². The largest absolute Gasteiger partial charge is 0.0803 e. The third-order valence-electron chi connectivity index (χ3n) is 9.24. The lowest BCUT2D eigenvalue weighted by Gasteiger charge is -2.45. The van der Waals surface area contributed by atoms with Gasteiger partial charge in [0.25, 0.3) is 0 Å². The molecule has 2 unspecified atom stereocenters. The Kier molecular flexibility index (Phi) is 5.85. The van der Waals surface area contributed by atoms with Crippen LogP contribution in [0.15, 0.2) is 66.3 Å². The van der Waals surface area contributed by atoms with Crippen LogP contribution < -0.4 is 0 Å². The van der Waals surface area contributed by atoms with Crippen molar-refractivity contribution in [1.29, 1.82) is 0 Å². The molecule has 2 atom stereocenters. The molecule has 3 aliphatic carbocycles. The molecule has 178 valence electrons. The van der Waals surface area contributed by atoms with E-state index in [0.717, 1.165) is 0 Å². The molecule has 0 amide bonds. The molecule has 2 aromatic rings. The van der Waals surface area contributed by atoms with Crippen molar-refractivity contribution in [2.24, 2.45) is 5.41 Å². The molecule has 0 nitrogen and oxygen atoms in total. The molecular weight excluding hydrogens is 441 g/mol. The molecule has 0 bridgehead atoms. The number of rotatable bonds is 5. The van der Waals surface area contributed by atoms with Crippen LogP contribution in [0.4, 0.5) is 0 Å². The standard InChI is InChI=1S/C32H42Si2/c1-32(2,3)22-23-16-17-26(20-23)33(4,5)34(6,7)30-19-18-28-29(30)21-25-14-11-15-27(25)31(28)24-12-9-8-10-13-24/h8-10,12-13,16-21,26,30H,11,14-15,22H2,1-7H3. The SMILES string of the molecule is CC(C)(C)CC1=CC([Si](C)(C)[Si](C)(C)C2C=Cc3c2cc2c(c3-c3ccccc3)CCC2)C=C1. The molecule has 0 saturated heterocycles. The molecule has 0 radical (unpaired) electrons. The van der Waals surface area contributed by atoms with E-state index in [1.54, 1.807) is 27.8 Å². The Balaban J connectivity index is 1.54. The van der Waals surface area contributed by atoms with E-state index < -0.39 is 15.2 Å². The normalized spacial score (nSPS) is 21.7. The second kappa shape index (κ2) is 8.34. The first-order valence-corrected chi connectivity index (χ1v) is 20.5. The Bertz CT molecular complexity index is 1190. The third-order valence-corrected chi connectivity index (χ3v) is 28.5. The summed E-state index contributed by atoms with van der Waals surface area (Å²) in [4.78, 5) is 0. The Morgan fingerprint density at radius 2 is 1.62 bits per heavy atom. The zero-order valence-electron chi connectivity index (χ0n) is 22.3. The molecule has 0 aliphatic heterocycles. The first kappa shape index (κ1) is 23.8. The van der Waals surface area contributed by atoms with E-state index in [2.05, 4.69) is 114 Å². The van der Waals surface area contributed by atoms with Crippen LogP contribution in [0.2, 0.25) is 31.7 Å². The first-order chi connectivity index (χ1) is 16.0. The van der Waals surface area contributed by atoms with Crippen molar-refractivity contribution in [2.45, 2.75) is 83.7 Å². The van der Waals surface area contributed by atoms with E-state index in [-0.39, 0.29) is 0 Å². The highest BCUT2D eigenvalue weighted by Gasteiger charge is 2.51. The van der Waals surface area contributed by atoms with Gasteiger partial charge in [0.1, 0.15) is 0 Å². The molecule has 0 N–H and O–H groups in total. The van der Waals surface area contributed by atoms with E-state index in [4.69, 9.17) is 0 Å². The first-order valence-electron chi connectivity index (χ1n) is 13.3. The van der Waals surface area contributed by atoms with E-state index in [0.29, 0.717) is 16.5 Å². The fourth-order valence-corrected chi connectivity index (χ4v) is 17.4. The molecule has 0 fully saturated rings. The second-order valence-corrected chi connectivity index (χ2v) is 29.2. The summed E-state index contributed by atoms with van der Waals surface area (Å²) in [6, 6.07) is 13.8. The van der Waals surface area contributed by atoms with Gasteiger partial charge in [-0.15, -0.1) is 0 Å². The van der Waals surface area contributed by atoms with Crippen LogP contribution >= 0.6 is 0 Å². The van der Waals surface area contributed by atoms with Gasteiger partial charge in [-0.25, -0.2) is 0 Å². The van der Waals surface area contributed by atoms with Crippen molar-refractivity contribution in [3.8, 4) is 11.1 Å². The minimum absolute atomic E-state index is 0.352. The number of allylic oxidation sites excluding steroid dienone is 5. The van der Waals surface area contributed by atoms with Gasteiger partial charge in [0.15, 0.2) is 0 Å². The number of hydrogen-bond acceptors (Lipinski definition) is 0. The molecule has 3 aliphatic rings. The quantitative estimate of drug-likeness (QED) is 0.372. The monoisotopic (exact) mass is 482 g/mol. The van der Waals surface area contributed by atoms with Gasteiger partial charge >= 0.3 is 0 Å². The molecule has 0 aromatic heterocycles. The van der Waals surface area contributed by atoms with Crippen LogP contribution in [0.5, 0.6) is 0 Å². The highest BCUT2D eigenvalue weighted by Crippen LogP contribution is 2.50. The van der Waals surface area contributed by atoms with E-state index in [9.17, 15) is 0 Å². The molecule has 0 heterocycles. The van der Waals surface area contributed by atoms with Crippen LogP contribution in [0.25, 0.3) is 17.2 Å². The number of benzene rings is 2. The van der Waals surface area contributed by atoms with Crippen LogP contribution in [-0.2, 0) is 12.8 Å². The lowest BCUT2D eigenvalue weighted by molar-refractivity contribution is 0.413. The number of fused-ring (bicyclic) bond motifs is 2. The molecule has 0 saturated carbocycles. The van der Waals surface area contributed by atoms with Crippen molar-refractivity contribution in [3.63, 3.8) is 0 Å². The smallest absolute Gasteiger partial charge is 0.0548 e. The number of hydrogen-bond donors (Lipinski definition) is 0. The Labute approximate surface area is 209 Å². The fourth-order valence-electron chi connectivity index (χ4n) is 6.66. The molecule has 34 heavy (non-hydrogen) atoms. The van der Waals surface area contributed by atoms with Crippen LogP contribution in [0.3, 0.4) is 0 Å². The van der Waals surface area contributed by atoms with Gasteiger partial charge in [0, 0.05) is 0 Å². The summed E-state index contributed by atoms with van der Waals surface area (Å²) in [5, 5.41) is 0. The van der Waals surface area contributed by atoms with Crippen molar-refractivity contribution < 1.29 is 0 Å². The third kappa shape index (κ3) is 3.97. The lowest BCUT2D eigenvalue weighted by atomic mass is 9.88. The summed E-state index contributed by atoms with van der Waals surface area (Å²) in [5.74, 6) is 0. The summed E-state index contributed by atoms with van der Waals surface area (Å²) in [5.41, 5.74) is 12.6. The predicted octanol–water partition coefficient (Wildman–Crippen LogP) is 9.29. The zero-order chi connectivity index (χ0) is 24.3. The minimum Gasteiger partial charge on any atom is -0.0803 e. The molecular formula is C32H42Si2. The molecule has 0 spiro atoms. The van der Waals surface area contributed by atoms with Gasteiger partial charge < -0.3 is 0 Å². The van der Waals surface area contributed by atoms with E-state index >= 15 is 0 Å². The molecule has 2 aromatic carbocycles. The van der Waals surface area contributed by atoms with E-state index in [1.165, 1.54) is 36.8 Å². The fraction of sp³-hybridized carbons (Fsp3) is 0.438. The second-order valence-electron chi connectivity index (χ2n) is 13.3. The summed E-state index contributed by atoms with van der Waals surface area (Å²) in [7, 11) is -3.15. The van der Waals surface area contributed by atoms with Crippen molar-refractivity contribution in [3.05, 3.63) is 88.5 Å². The Hall–Kier alpha value is -1.91. The maximum atomic E-state index is 2.71. The molecule has 5 rings (SSSR count). The Morgan fingerprint density at radius 3 is 2.32 bits per heavy atom. The maximum absolute atomic E-state index is 2.71. The van der Waals surface area contributed by atoms with Crippen molar-refractivity contribution in [2.75, 3.05) is 0 Å². The van der Waals surface area contributed by atoms with Gasteiger partial charge in [-0.2, -0.15) is 0 Å². The van der Waals surface area contributed by atoms with Gasteiger partial charge in [0.05, 0.1) is 15.2 Å². The van der Waals surface area contributed by atoms with Crippen molar-refractivity contribution in [1.82, 2.24) is 0 Å². The topological polar surface area (TPSA) is 0 Å². The van der Waals surface area contributed by atoms with Gasteiger partial charge in [0.2, 0.25) is 0 Å². The van der Waals surface area contributed by atoms with Crippen LogP contribution in [-0.4, -0.2) is 15.2 Å². The Morgan fingerprint density at radius 1 is 0.882 bits per heavy atom. The summed E-state index contributed by atoms with van der Waals surface area (Å²) in [6.07, 6.45) is 17.8. The highest BCUT2D eigenvalue weighted by atomic mass is 29.3. The van der Waals surface area contributed by atoms with Gasteiger partial charge in [-0.1, -0.05) is 119 Å². The van der Waals surface area contributed by atoms with Crippen LogP contribution in [0, 0.1) is 5.41 Å². The summed E-state index contributed by atoms with van der Waals surface area (Å²) in [6.45, 7) is 17.9. The van der Waals surface area contributed by atoms with Gasteiger partial charge in [-0.05, 0) is 75.6 Å².